The highest BCUT2D eigenvalue weighted by atomic mass is 35.5. The topological polar surface area (TPSA) is 75.6 Å². The van der Waals surface area contributed by atoms with Crippen LogP contribution in [0.2, 0.25) is 5.02 Å². The number of amides is 1. The molecule has 0 unspecified atom stereocenters. The molecule has 1 aromatic carbocycles. The molecule has 1 aromatic rings. The van der Waals surface area contributed by atoms with Gasteiger partial charge in [-0.25, -0.2) is 4.79 Å². The maximum atomic E-state index is 11.8. The molecule has 6 heteroatoms. The highest BCUT2D eigenvalue weighted by molar-refractivity contribution is 6.31. The molecule has 5 nitrogen and oxygen atoms in total. The van der Waals surface area contributed by atoms with Gasteiger partial charge in [-0.15, -0.1) is 0 Å². The zero-order valence-corrected chi connectivity index (χ0v) is 10.2. The molecule has 1 saturated heterocycles. The SMILES string of the molecule is O=C(O)c1ccc(Cl)cc1NC(=O)[C@H]1CCCO1. The van der Waals surface area contributed by atoms with Crippen molar-refractivity contribution in [3.63, 3.8) is 0 Å². The van der Waals surface area contributed by atoms with Crippen LogP contribution in [-0.4, -0.2) is 29.7 Å². The summed E-state index contributed by atoms with van der Waals surface area (Å²) in [5.74, 6) is -1.45. The molecule has 1 amide bonds. The number of anilines is 1. The van der Waals surface area contributed by atoms with Gasteiger partial charge in [-0.2, -0.15) is 0 Å². The van der Waals surface area contributed by atoms with Crippen molar-refractivity contribution in [3.8, 4) is 0 Å². The van der Waals surface area contributed by atoms with Gasteiger partial charge in [0.25, 0.3) is 5.91 Å². The lowest BCUT2D eigenvalue weighted by Gasteiger charge is -2.12. The maximum absolute atomic E-state index is 11.8. The molecule has 2 rings (SSSR count). The van der Waals surface area contributed by atoms with Crippen LogP contribution < -0.4 is 5.32 Å². The fourth-order valence-corrected chi connectivity index (χ4v) is 1.98. The van der Waals surface area contributed by atoms with E-state index in [1.54, 1.807) is 0 Å². The molecule has 1 fully saturated rings. The Balaban J connectivity index is 2.19. The Hall–Kier alpha value is -1.59. The maximum Gasteiger partial charge on any atom is 0.337 e. The van der Waals surface area contributed by atoms with Gasteiger partial charge in [0.15, 0.2) is 0 Å². The van der Waals surface area contributed by atoms with E-state index < -0.39 is 12.1 Å². The zero-order valence-electron chi connectivity index (χ0n) is 9.48. The van der Waals surface area contributed by atoms with E-state index in [0.717, 1.165) is 6.42 Å². The lowest BCUT2D eigenvalue weighted by atomic mass is 10.1. The Morgan fingerprint density at radius 3 is 2.83 bits per heavy atom. The molecule has 0 bridgehead atoms. The Labute approximate surface area is 109 Å². The average molecular weight is 270 g/mol. The predicted octanol–water partition coefficient (Wildman–Crippen LogP) is 2.16. The quantitative estimate of drug-likeness (QED) is 0.882. The fraction of sp³-hybridized carbons (Fsp3) is 0.333. The van der Waals surface area contributed by atoms with Crippen molar-refractivity contribution in [3.05, 3.63) is 28.8 Å². The van der Waals surface area contributed by atoms with Gasteiger partial charge in [0.2, 0.25) is 0 Å². The van der Waals surface area contributed by atoms with Crippen LogP contribution in [0.25, 0.3) is 0 Å². The largest absolute Gasteiger partial charge is 0.478 e. The summed E-state index contributed by atoms with van der Waals surface area (Å²) in [5.41, 5.74) is 0.196. The van der Waals surface area contributed by atoms with Gasteiger partial charge in [-0.3, -0.25) is 4.79 Å². The summed E-state index contributed by atoms with van der Waals surface area (Å²) in [6.07, 6.45) is 0.972. The number of ether oxygens (including phenoxy) is 1. The summed E-state index contributed by atoms with van der Waals surface area (Å²) in [7, 11) is 0. The molecule has 0 aromatic heterocycles. The second-order valence-electron chi connectivity index (χ2n) is 3.99. The molecular formula is C12H12ClNO4. The van der Waals surface area contributed by atoms with Crippen molar-refractivity contribution in [1.29, 1.82) is 0 Å². The van der Waals surface area contributed by atoms with Crippen LogP contribution in [0.3, 0.4) is 0 Å². The molecule has 1 atom stereocenters. The molecule has 2 N–H and O–H groups in total. The molecule has 0 saturated carbocycles. The lowest BCUT2D eigenvalue weighted by Crippen LogP contribution is -2.27. The first-order chi connectivity index (χ1) is 8.58. The highest BCUT2D eigenvalue weighted by Gasteiger charge is 2.24. The number of benzene rings is 1. The second kappa shape index (κ2) is 5.37. The standard InChI is InChI=1S/C12H12ClNO4/c13-7-3-4-8(12(16)17)9(6-7)14-11(15)10-2-1-5-18-10/h3-4,6,10H,1-2,5H2,(H,14,15)(H,16,17)/t10-/m1/s1. The number of carboxylic acids is 1. The van der Waals surface area contributed by atoms with Crippen molar-refractivity contribution in [2.24, 2.45) is 0 Å². The Bertz CT molecular complexity index is 483. The number of carbonyl (C=O) groups excluding carboxylic acids is 1. The normalized spacial score (nSPS) is 18.6. The van der Waals surface area contributed by atoms with Gasteiger partial charge in [-0.1, -0.05) is 11.6 Å². The van der Waals surface area contributed by atoms with E-state index in [-0.39, 0.29) is 17.2 Å². The predicted molar refractivity (Wildman–Crippen MR) is 66.0 cm³/mol. The van der Waals surface area contributed by atoms with Crippen molar-refractivity contribution < 1.29 is 19.4 Å². The van der Waals surface area contributed by atoms with E-state index in [9.17, 15) is 9.59 Å². The van der Waals surface area contributed by atoms with Gasteiger partial charge < -0.3 is 15.2 Å². The lowest BCUT2D eigenvalue weighted by molar-refractivity contribution is -0.124. The summed E-state index contributed by atoms with van der Waals surface area (Å²) in [6, 6.07) is 4.24. The number of hydrogen-bond donors (Lipinski definition) is 2. The van der Waals surface area contributed by atoms with Crippen molar-refractivity contribution in [2.75, 3.05) is 11.9 Å². The minimum atomic E-state index is -1.12. The number of nitrogens with one attached hydrogen (secondary N) is 1. The summed E-state index contributed by atoms with van der Waals surface area (Å²) >= 11 is 5.79. The summed E-state index contributed by atoms with van der Waals surface area (Å²) in [5, 5.41) is 11.9. The zero-order chi connectivity index (χ0) is 13.1. The van der Waals surface area contributed by atoms with Crippen molar-refractivity contribution in [2.45, 2.75) is 18.9 Å². The third-order valence-corrected chi connectivity index (χ3v) is 2.93. The summed E-state index contributed by atoms with van der Waals surface area (Å²) in [4.78, 5) is 22.8. The first kappa shape index (κ1) is 12.9. The van der Waals surface area contributed by atoms with Crippen LogP contribution in [0.4, 0.5) is 5.69 Å². The van der Waals surface area contributed by atoms with Crippen LogP contribution in [0, 0.1) is 0 Å². The third-order valence-electron chi connectivity index (χ3n) is 2.69. The van der Waals surface area contributed by atoms with E-state index in [4.69, 9.17) is 21.4 Å². The molecule has 1 aliphatic heterocycles. The molecule has 96 valence electrons. The molecule has 18 heavy (non-hydrogen) atoms. The first-order valence-corrected chi connectivity index (χ1v) is 5.91. The smallest absolute Gasteiger partial charge is 0.337 e. The monoisotopic (exact) mass is 269 g/mol. The van der Waals surface area contributed by atoms with Crippen molar-refractivity contribution >= 4 is 29.2 Å². The van der Waals surface area contributed by atoms with Gasteiger partial charge in [0, 0.05) is 11.6 Å². The molecule has 0 aliphatic carbocycles. The second-order valence-corrected chi connectivity index (χ2v) is 4.42. The van der Waals surface area contributed by atoms with E-state index in [1.165, 1.54) is 18.2 Å². The van der Waals surface area contributed by atoms with E-state index in [0.29, 0.717) is 18.1 Å². The number of aromatic carboxylic acids is 1. The van der Waals surface area contributed by atoms with E-state index in [2.05, 4.69) is 5.32 Å². The number of halogens is 1. The molecular weight excluding hydrogens is 258 g/mol. The molecule has 0 spiro atoms. The third kappa shape index (κ3) is 2.80. The molecule has 0 radical (unpaired) electrons. The van der Waals surface area contributed by atoms with Crippen molar-refractivity contribution in [1.82, 2.24) is 0 Å². The molecule has 1 heterocycles. The fourth-order valence-electron chi connectivity index (χ4n) is 1.80. The highest BCUT2D eigenvalue weighted by Crippen LogP contribution is 2.22. The number of rotatable bonds is 3. The Kier molecular flexibility index (Phi) is 3.84. The minimum Gasteiger partial charge on any atom is -0.478 e. The molecule has 1 aliphatic rings. The average Bonchev–Trinajstić information content (AvgIpc) is 2.81. The minimum absolute atomic E-state index is 0.00532. The Morgan fingerprint density at radius 1 is 1.44 bits per heavy atom. The van der Waals surface area contributed by atoms with Crippen LogP contribution in [0.1, 0.15) is 23.2 Å². The van der Waals surface area contributed by atoms with Crippen LogP contribution in [0.15, 0.2) is 18.2 Å². The van der Waals surface area contributed by atoms with Crippen LogP contribution >= 0.6 is 11.6 Å². The van der Waals surface area contributed by atoms with Gasteiger partial charge >= 0.3 is 5.97 Å². The van der Waals surface area contributed by atoms with Gasteiger partial charge in [0.05, 0.1) is 11.3 Å². The van der Waals surface area contributed by atoms with Crippen LogP contribution in [-0.2, 0) is 9.53 Å². The van der Waals surface area contributed by atoms with Gasteiger partial charge in [0.1, 0.15) is 6.10 Å². The van der Waals surface area contributed by atoms with Crippen LogP contribution in [0.5, 0.6) is 0 Å². The Morgan fingerprint density at radius 2 is 2.22 bits per heavy atom. The summed E-state index contributed by atoms with van der Waals surface area (Å²) < 4.78 is 5.23. The number of hydrogen-bond acceptors (Lipinski definition) is 3. The number of carbonyl (C=O) groups is 2. The first-order valence-electron chi connectivity index (χ1n) is 5.53. The van der Waals surface area contributed by atoms with E-state index >= 15 is 0 Å². The van der Waals surface area contributed by atoms with Gasteiger partial charge in [-0.05, 0) is 31.0 Å². The summed E-state index contributed by atoms with van der Waals surface area (Å²) in [6.45, 7) is 0.555. The number of carboxylic acid groups (broad SMARTS) is 1. The van der Waals surface area contributed by atoms with E-state index in [1.807, 2.05) is 0 Å².